The van der Waals surface area contributed by atoms with Crippen molar-refractivity contribution in [1.29, 1.82) is 0 Å². The van der Waals surface area contributed by atoms with Crippen molar-refractivity contribution in [2.24, 2.45) is 0 Å². The summed E-state index contributed by atoms with van der Waals surface area (Å²) in [6, 6.07) is 11.7. The second-order valence-electron chi connectivity index (χ2n) is 3.88. The van der Waals surface area contributed by atoms with Gasteiger partial charge in [-0.25, -0.2) is 4.98 Å². The molecule has 1 aromatic heterocycles. The highest BCUT2D eigenvalue weighted by Gasteiger charge is 2.03. The summed E-state index contributed by atoms with van der Waals surface area (Å²) in [5.74, 6) is 0. The van der Waals surface area contributed by atoms with Crippen LogP contribution in [0.3, 0.4) is 0 Å². The van der Waals surface area contributed by atoms with E-state index in [0.29, 0.717) is 5.69 Å². The van der Waals surface area contributed by atoms with Gasteiger partial charge in [0.15, 0.2) is 6.29 Å². The van der Waals surface area contributed by atoms with Crippen LogP contribution >= 0.6 is 0 Å². The number of carbonyl (C=O) groups excluding carboxylic acids is 1. The van der Waals surface area contributed by atoms with Crippen molar-refractivity contribution in [3.05, 3.63) is 53.2 Å². The number of nitrogens with zero attached hydrogens (tertiary/aromatic N) is 1. The number of pyridine rings is 1. The average molecular weight is 241 g/mol. The van der Waals surface area contributed by atoms with Crippen LogP contribution in [0.1, 0.15) is 35.5 Å². The third kappa shape index (κ3) is 3.27. The fraction of sp³-hybridized carbons (Fsp3) is 0.250. The van der Waals surface area contributed by atoms with E-state index in [1.165, 1.54) is 11.1 Å². The highest BCUT2D eigenvalue weighted by molar-refractivity contribution is 5.74. The molecule has 0 saturated heterocycles. The Morgan fingerprint density at radius 3 is 2.39 bits per heavy atom. The minimum atomic E-state index is 0.470. The summed E-state index contributed by atoms with van der Waals surface area (Å²) in [7, 11) is 0. The van der Waals surface area contributed by atoms with E-state index in [0.717, 1.165) is 17.5 Å². The van der Waals surface area contributed by atoms with E-state index < -0.39 is 0 Å². The summed E-state index contributed by atoms with van der Waals surface area (Å²) < 4.78 is 0. The minimum absolute atomic E-state index is 0.470. The van der Waals surface area contributed by atoms with Gasteiger partial charge in [0, 0.05) is 5.56 Å². The lowest BCUT2D eigenvalue weighted by molar-refractivity contribution is 0.111. The first-order chi connectivity index (χ1) is 8.70. The zero-order chi connectivity index (χ0) is 13.5. The Kier molecular flexibility index (Phi) is 5.25. The van der Waals surface area contributed by atoms with Crippen LogP contribution < -0.4 is 0 Å². The molecule has 0 aliphatic rings. The largest absolute Gasteiger partial charge is 0.296 e. The number of aryl methyl sites for hydroxylation is 2. The lowest BCUT2D eigenvalue weighted by Gasteiger charge is -2.06. The Hall–Kier alpha value is -1.96. The van der Waals surface area contributed by atoms with Gasteiger partial charge >= 0.3 is 0 Å². The first-order valence-electron chi connectivity index (χ1n) is 6.20. The quantitative estimate of drug-likeness (QED) is 0.737. The van der Waals surface area contributed by atoms with Gasteiger partial charge in [-0.3, -0.25) is 4.79 Å². The molecule has 2 nitrogen and oxygen atoms in total. The molecule has 18 heavy (non-hydrogen) atoms. The van der Waals surface area contributed by atoms with Gasteiger partial charge in [0.2, 0.25) is 0 Å². The van der Waals surface area contributed by atoms with E-state index >= 15 is 0 Å². The van der Waals surface area contributed by atoms with Crippen molar-refractivity contribution in [3.63, 3.8) is 0 Å². The molecule has 0 aliphatic carbocycles. The van der Waals surface area contributed by atoms with Gasteiger partial charge in [0.25, 0.3) is 0 Å². The minimum Gasteiger partial charge on any atom is -0.296 e. The van der Waals surface area contributed by atoms with Crippen LogP contribution in [0.5, 0.6) is 0 Å². The summed E-state index contributed by atoms with van der Waals surface area (Å²) in [6.07, 6.45) is 0.771. The van der Waals surface area contributed by atoms with Crippen molar-refractivity contribution in [2.45, 2.75) is 27.7 Å². The Morgan fingerprint density at radius 2 is 1.78 bits per heavy atom. The second kappa shape index (κ2) is 6.70. The Morgan fingerprint density at radius 1 is 1.06 bits per heavy atom. The number of hydrogen-bond donors (Lipinski definition) is 0. The van der Waals surface area contributed by atoms with Crippen molar-refractivity contribution in [2.75, 3.05) is 0 Å². The van der Waals surface area contributed by atoms with E-state index in [-0.39, 0.29) is 0 Å². The molecule has 0 fully saturated rings. The van der Waals surface area contributed by atoms with Crippen LogP contribution in [0, 0.1) is 13.8 Å². The average Bonchev–Trinajstić information content (AvgIpc) is 2.41. The Bertz CT molecular complexity index is 532. The van der Waals surface area contributed by atoms with E-state index in [4.69, 9.17) is 0 Å². The summed E-state index contributed by atoms with van der Waals surface area (Å²) in [6.45, 7) is 8.11. The lowest BCUT2D eigenvalue weighted by atomic mass is 10.0. The van der Waals surface area contributed by atoms with Crippen LogP contribution in [-0.4, -0.2) is 11.3 Å². The normalized spacial score (nSPS) is 9.33. The van der Waals surface area contributed by atoms with Crippen molar-refractivity contribution in [3.8, 4) is 11.3 Å². The van der Waals surface area contributed by atoms with Crippen LogP contribution in [0.4, 0.5) is 0 Å². The van der Waals surface area contributed by atoms with Gasteiger partial charge in [-0.15, -0.1) is 0 Å². The molecule has 2 aromatic rings. The number of aldehydes is 1. The maximum Gasteiger partial charge on any atom is 0.168 e. The number of hydrogen-bond acceptors (Lipinski definition) is 2. The fourth-order valence-electron chi connectivity index (χ4n) is 1.77. The second-order valence-corrected chi connectivity index (χ2v) is 3.88. The van der Waals surface area contributed by atoms with Crippen LogP contribution in [0.2, 0.25) is 0 Å². The molecule has 1 heterocycles. The molecule has 0 amide bonds. The molecule has 94 valence electrons. The van der Waals surface area contributed by atoms with Gasteiger partial charge in [-0.1, -0.05) is 43.7 Å². The van der Waals surface area contributed by atoms with E-state index in [9.17, 15) is 4.79 Å². The Balaban J connectivity index is 0.000000771. The predicted molar refractivity (Wildman–Crippen MR) is 75.9 cm³/mol. The summed E-state index contributed by atoms with van der Waals surface area (Å²) in [5.41, 5.74) is 4.80. The standard InChI is InChI=1S/C14H13NO.C2H6/c1-10-6-7-13(11(2)8-10)14-5-3-4-12(9-16)15-14;1-2/h3-9H,1-2H3;1-2H3. The maximum atomic E-state index is 10.7. The molecule has 0 atom stereocenters. The zero-order valence-electron chi connectivity index (χ0n) is 11.4. The van der Waals surface area contributed by atoms with Crippen molar-refractivity contribution in [1.82, 2.24) is 4.98 Å². The maximum absolute atomic E-state index is 10.7. The van der Waals surface area contributed by atoms with Crippen molar-refractivity contribution >= 4 is 6.29 Å². The monoisotopic (exact) mass is 241 g/mol. The highest BCUT2D eigenvalue weighted by atomic mass is 16.1. The van der Waals surface area contributed by atoms with Gasteiger partial charge < -0.3 is 0 Å². The van der Waals surface area contributed by atoms with Gasteiger partial charge in [0.1, 0.15) is 5.69 Å². The molecule has 0 radical (unpaired) electrons. The van der Waals surface area contributed by atoms with E-state index in [1.54, 1.807) is 6.07 Å². The lowest BCUT2D eigenvalue weighted by Crippen LogP contribution is -1.91. The number of benzene rings is 1. The fourth-order valence-corrected chi connectivity index (χ4v) is 1.77. The molecule has 0 N–H and O–H groups in total. The molecular weight excluding hydrogens is 222 g/mol. The predicted octanol–water partition coefficient (Wildman–Crippen LogP) is 4.20. The van der Waals surface area contributed by atoms with E-state index in [2.05, 4.69) is 31.0 Å². The topological polar surface area (TPSA) is 30.0 Å². The molecule has 0 unspecified atom stereocenters. The molecule has 0 saturated carbocycles. The molecule has 0 aliphatic heterocycles. The van der Waals surface area contributed by atoms with Gasteiger partial charge in [-0.2, -0.15) is 0 Å². The third-order valence-electron chi connectivity index (χ3n) is 2.55. The summed E-state index contributed by atoms with van der Waals surface area (Å²) in [4.78, 5) is 15.0. The zero-order valence-corrected chi connectivity index (χ0v) is 11.4. The molecule has 0 spiro atoms. The molecule has 2 heteroatoms. The number of aromatic nitrogens is 1. The van der Waals surface area contributed by atoms with E-state index in [1.807, 2.05) is 32.0 Å². The van der Waals surface area contributed by atoms with Crippen molar-refractivity contribution < 1.29 is 4.79 Å². The van der Waals surface area contributed by atoms with Crippen LogP contribution in [0.25, 0.3) is 11.3 Å². The molecule has 0 bridgehead atoms. The highest BCUT2D eigenvalue weighted by Crippen LogP contribution is 2.22. The first-order valence-corrected chi connectivity index (χ1v) is 6.20. The first kappa shape index (κ1) is 14.1. The van der Waals surface area contributed by atoms with Crippen LogP contribution in [0.15, 0.2) is 36.4 Å². The van der Waals surface area contributed by atoms with Gasteiger partial charge in [0.05, 0.1) is 5.69 Å². The summed E-state index contributed by atoms with van der Waals surface area (Å²) >= 11 is 0. The number of carbonyl (C=O) groups is 1. The van der Waals surface area contributed by atoms with Crippen LogP contribution in [-0.2, 0) is 0 Å². The smallest absolute Gasteiger partial charge is 0.168 e. The number of rotatable bonds is 2. The Labute approximate surface area is 109 Å². The molecular formula is C16H19NO. The SMILES string of the molecule is CC.Cc1ccc(-c2cccc(C=O)n2)c(C)c1. The summed E-state index contributed by atoms with van der Waals surface area (Å²) in [5, 5.41) is 0. The third-order valence-corrected chi connectivity index (χ3v) is 2.55. The molecule has 2 rings (SSSR count). The van der Waals surface area contributed by atoms with Gasteiger partial charge in [-0.05, 0) is 31.5 Å². The molecule has 1 aromatic carbocycles.